The van der Waals surface area contributed by atoms with Crippen LogP contribution in [0.15, 0.2) is 24.5 Å². The number of aromatic nitrogens is 3. The van der Waals surface area contributed by atoms with Gasteiger partial charge in [0.2, 0.25) is 0 Å². The standard InChI is InChI=1S/C13H15N5/c1-10-12(9-18(2)17-10)8-15-7-11-4-3-5-16-13(11)6-14/h3-5,9,15H,7-8H2,1-2H3. The van der Waals surface area contributed by atoms with E-state index in [4.69, 9.17) is 5.26 Å². The number of nitrogens with one attached hydrogen (secondary N) is 1. The third kappa shape index (κ3) is 2.73. The normalized spacial score (nSPS) is 10.3. The van der Waals surface area contributed by atoms with Gasteiger partial charge in [-0.1, -0.05) is 6.07 Å². The van der Waals surface area contributed by atoms with Gasteiger partial charge in [-0.05, 0) is 13.0 Å². The first kappa shape index (κ1) is 12.3. The zero-order valence-electron chi connectivity index (χ0n) is 10.5. The van der Waals surface area contributed by atoms with Gasteiger partial charge in [0, 0.05) is 43.7 Å². The molecule has 2 aromatic rings. The molecule has 0 aromatic carbocycles. The topological polar surface area (TPSA) is 66.5 Å². The molecule has 1 N–H and O–H groups in total. The third-order valence-electron chi connectivity index (χ3n) is 2.74. The molecule has 0 aliphatic rings. The molecule has 0 saturated heterocycles. The second-order valence-electron chi connectivity index (χ2n) is 4.14. The summed E-state index contributed by atoms with van der Waals surface area (Å²) in [7, 11) is 1.91. The molecule has 0 radical (unpaired) electrons. The van der Waals surface area contributed by atoms with Gasteiger partial charge in [0.1, 0.15) is 11.8 Å². The fourth-order valence-corrected chi connectivity index (χ4v) is 1.84. The van der Waals surface area contributed by atoms with Gasteiger partial charge < -0.3 is 5.32 Å². The monoisotopic (exact) mass is 241 g/mol. The number of pyridine rings is 1. The van der Waals surface area contributed by atoms with E-state index in [0.29, 0.717) is 12.2 Å². The molecule has 92 valence electrons. The summed E-state index contributed by atoms with van der Waals surface area (Å²) in [5.41, 5.74) is 3.59. The number of aryl methyl sites for hydroxylation is 2. The molecule has 0 aliphatic carbocycles. The van der Waals surface area contributed by atoms with Gasteiger partial charge in [-0.2, -0.15) is 10.4 Å². The van der Waals surface area contributed by atoms with Crippen molar-refractivity contribution >= 4 is 0 Å². The van der Waals surface area contributed by atoms with Crippen molar-refractivity contribution < 1.29 is 0 Å². The highest BCUT2D eigenvalue weighted by Crippen LogP contribution is 2.06. The van der Waals surface area contributed by atoms with Gasteiger partial charge >= 0.3 is 0 Å². The second kappa shape index (κ2) is 5.43. The van der Waals surface area contributed by atoms with Crippen LogP contribution in [0.4, 0.5) is 0 Å². The van der Waals surface area contributed by atoms with Crippen molar-refractivity contribution in [3.63, 3.8) is 0 Å². The SMILES string of the molecule is Cc1nn(C)cc1CNCc1cccnc1C#N. The Bertz CT molecular complexity index is 579. The lowest BCUT2D eigenvalue weighted by atomic mass is 10.2. The van der Waals surface area contributed by atoms with Crippen LogP contribution in [0.1, 0.15) is 22.5 Å². The minimum Gasteiger partial charge on any atom is -0.308 e. The second-order valence-corrected chi connectivity index (χ2v) is 4.14. The van der Waals surface area contributed by atoms with Crippen LogP contribution in [-0.2, 0) is 20.1 Å². The Kier molecular flexibility index (Phi) is 3.70. The van der Waals surface area contributed by atoms with Gasteiger partial charge in [-0.3, -0.25) is 4.68 Å². The van der Waals surface area contributed by atoms with Gasteiger partial charge in [0.25, 0.3) is 0 Å². The first-order chi connectivity index (χ1) is 8.70. The predicted octanol–water partition coefficient (Wildman–Crippen LogP) is 1.28. The maximum Gasteiger partial charge on any atom is 0.144 e. The van der Waals surface area contributed by atoms with E-state index in [2.05, 4.69) is 21.5 Å². The van der Waals surface area contributed by atoms with Crippen molar-refractivity contribution in [2.45, 2.75) is 20.0 Å². The van der Waals surface area contributed by atoms with Gasteiger partial charge in [0.15, 0.2) is 0 Å². The van der Waals surface area contributed by atoms with Crippen LogP contribution in [0, 0.1) is 18.3 Å². The Morgan fingerprint density at radius 1 is 1.39 bits per heavy atom. The Labute approximate surface area is 106 Å². The van der Waals surface area contributed by atoms with Crippen molar-refractivity contribution in [1.82, 2.24) is 20.1 Å². The Balaban J connectivity index is 1.97. The largest absolute Gasteiger partial charge is 0.308 e. The fourth-order valence-electron chi connectivity index (χ4n) is 1.84. The first-order valence-corrected chi connectivity index (χ1v) is 5.74. The minimum atomic E-state index is 0.480. The Hall–Kier alpha value is -2.19. The summed E-state index contributed by atoms with van der Waals surface area (Å²) >= 11 is 0. The lowest BCUT2D eigenvalue weighted by Gasteiger charge is -2.05. The summed E-state index contributed by atoms with van der Waals surface area (Å²) < 4.78 is 1.80. The predicted molar refractivity (Wildman–Crippen MR) is 67.4 cm³/mol. The molecular formula is C13H15N5. The molecule has 0 bridgehead atoms. The minimum absolute atomic E-state index is 0.480. The van der Waals surface area contributed by atoms with E-state index in [-0.39, 0.29) is 0 Å². The zero-order valence-corrected chi connectivity index (χ0v) is 10.5. The molecule has 2 aromatic heterocycles. The number of hydrogen-bond acceptors (Lipinski definition) is 4. The van der Waals surface area contributed by atoms with Crippen molar-refractivity contribution in [1.29, 1.82) is 5.26 Å². The molecule has 5 nitrogen and oxygen atoms in total. The van der Waals surface area contributed by atoms with E-state index in [9.17, 15) is 0 Å². The van der Waals surface area contributed by atoms with Crippen molar-refractivity contribution in [2.24, 2.45) is 7.05 Å². The van der Waals surface area contributed by atoms with Crippen LogP contribution >= 0.6 is 0 Å². The maximum absolute atomic E-state index is 8.93. The van der Waals surface area contributed by atoms with Gasteiger partial charge in [-0.15, -0.1) is 0 Å². The van der Waals surface area contributed by atoms with Crippen LogP contribution in [0.3, 0.4) is 0 Å². The highest BCUT2D eigenvalue weighted by atomic mass is 15.2. The number of rotatable bonds is 4. The van der Waals surface area contributed by atoms with Crippen LogP contribution in [0.5, 0.6) is 0 Å². The first-order valence-electron chi connectivity index (χ1n) is 5.74. The van der Waals surface area contributed by atoms with E-state index in [0.717, 1.165) is 17.8 Å². The summed E-state index contributed by atoms with van der Waals surface area (Å²) in [6.45, 7) is 3.35. The summed E-state index contributed by atoms with van der Waals surface area (Å²) in [5, 5.41) is 16.5. The number of nitrogens with zero attached hydrogens (tertiary/aromatic N) is 4. The van der Waals surface area contributed by atoms with Crippen LogP contribution in [0.2, 0.25) is 0 Å². The van der Waals surface area contributed by atoms with Gasteiger partial charge in [-0.25, -0.2) is 4.98 Å². The average molecular weight is 241 g/mol. The maximum atomic E-state index is 8.93. The smallest absolute Gasteiger partial charge is 0.144 e. The van der Waals surface area contributed by atoms with Crippen molar-refractivity contribution in [3.8, 4) is 6.07 Å². The van der Waals surface area contributed by atoms with E-state index in [1.54, 1.807) is 10.9 Å². The van der Waals surface area contributed by atoms with Crippen LogP contribution in [0.25, 0.3) is 0 Å². The summed E-state index contributed by atoms with van der Waals surface area (Å²) in [4.78, 5) is 4.03. The van der Waals surface area contributed by atoms with Crippen LogP contribution < -0.4 is 5.32 Å². The molecule has 2 rings (SSSR count). The van der Waals surface area contributed by atoms with Gasteiger partial charge in [0.05, 0.1) is 5.69 Å². The molecule has 0 amide bonds. The molecule has 0 unspecified atom stereocenters. The molecule has 5 heteroatoms. The number of nitriles is 1. The molecule has 0 aliphatic heterocycles. The van der Waals surface area contributed by atoms with E-state index < -0.39 is 0 Å². The third-order valence-corrected chi connectivity index (χ3v) is 2.74. The summed E-state index contributed by atoms with van der Waals surface area (Å²) in [6.07, 6.45) is 3.63. The average Bonchev–Trinajstić information content (AvgIpc) is 2.68. The van der Waals surface area contributed by atoms with E-state index in [1.807, 2.05) is 32.3 Å². The lowest BCUT2D eigenvalue weighted by molar-refractivity contribution is 0.687. The zero-order chi connectivity index (χ0) is 13.0. The molecule has 2 heterocycles. The molecule has 18 heavy (non-hydrogen) atoms. The molecular weight excluding hydrogens is 226 g/mol. The lowest BCUT2D eigenvalue weighted by Crippen LogP contribution is -2.14. The Morgan fingerprint density at radius 3 is 2.83 bits per heavy atom. The number of hydrogen-bond donors (Lipinski definition) is 1. The highest BCUT2D eigenvalue weighted by Gasteiger charge is 2.04. The molecule has 0 fully saturated rings. The fraction of sp³-hybridized carbons (Fsp3) is 0.308. The van der Waals surface area contributed by atoms with Crippen molar-refractivity contribution in [2.75, 3.05) is 0 Å². The highest BCUT2D eigenvalue weighted by molar-refractivity contribution is 5.30. The quantitative estimate of drug-likeness (QED) is 0.875. The summed E-state index contributed by atoms with van der Waals surface area (Å²) in [6, 6.07) is 5.84. The molecule has 0 saturated carbocycles. The molecule has 0 atom stereocenters. The Morgan fingerprint density at radius 2 is 2.17 bits per heavy atom. The van der Waals surface area contributed by atoms with Crippen molar-refractivity contribution in [3.05, 3.63) is 47.0 Å². The van der Waals surface area contributed by atoms with E-state index >= 15 is 0 Å². The van der Waals surface area contributed by atoms with E-state index in [1.165, 1.54) is 5.56 Å². The molecule has 0 spiro atoms. The summed E-state index contributed by atoms with van der Waals surface area (Å²) in [5.74, 6) is 0. The van der Waals surface area contributed by atoms with Crippen LogP contribution in [-0.4, -0.2) is 14.8 Å².